The number of alkyl halides is 3. The van der Waals surface area contributed by atoms with Crippen molar-refractivity contribution in [1.82, 2.24) is 25.0 Å². The van der Waals surface area contributed by atoms with Gasteiger partial charge in [0.2, 0.25) is 5.91 Å². The fraction of sp³-hybridized carbons (Fsp3) is 0.458. The number of carbonyl (C=O) groups is 1. The molecule has 3 aromatic heterocycles. The highest BCUT2D eigenvalue weighted by atomic mass is 19.4. The zero-order chi connectivity index (χ0) is 26.4. The molecule has 1 N–H and O–H groups in total. The number of ether oxygens (including phenoxy) is 1. The number of halogens is 3. The second kappa shape index (κ2) is 9.20. The summed E-state index contributed by atoms with van der Waals surface area (Å²) >= 11 is 0. The SMILES string of the molecule is CC(=O)N1CCC2(CC1)CN(c1cc(Nc3cc(OC(F)(F)F)ccn3)nc(-c3c(C)noc3C)n1)C2. The van der Waals surface area contributed by atoms with Crippen LogP contribution in [0.4, 0.5) is 30.6 Å². The molecule has 2 aliphatic heterocycles. The number of rotatable bonds is 5. The first-order valence-corrected chi connectivity index (χ1v) is 11.8. The minimum atomic E-state index is -4.81. The maximum absolute atomic E-state index is 12.7. The summed E-state index contributed by atoms with van der Waals surface area (Å²) in [6.07, 6.45) is -1.75. The first kappa shape index (κ1) is 24.8. The summed E-state index contributed by atoms with van der Waals surface area (Å²) in [7, 11) is 0. The van der Waals surface area contributed by atoms with Crippen molar-refractivity contribution in [3.8, 4) is 17.1 Å². The lowest BCUT2D eigenvalue weighted by Crippen LogP contribution is -2.61. The van der Waals surface area contributed by atoms with E-state index in [4.69, 9.17) is 9.51 Å². The number of aromatic nitrogens is 4. The van der Waals surface area contributed by atoms with Gasteiger partial charge in [-0.05, 0) is 32.8 Å². The van der Waals surface area contributed by atoms with Crippen molar-refractivity contribution < 1.29 is 27.2 Å². The summed E-state index contributed by atoms with van der Waals surface area (Å²) in [6, 6.07) is 4.00. The molecular formula is C24H26F3N7O3. The van der Waals surface area contributed by atoms with E-state index in [1.807, 2.05) is 4.90 Å². The van der Waals surface area contributed by atoms with E-state index in [-0.39, 0.29) is 17.1 Å². The first-order chi connectivity index (χ1) is 17.5. The fourth-order valence-corrected chi connectivity index (χ4v) is 4.92. The van der Waals surface area contributed by atoms with Gasteiger partial charge in [0.25, 0.3) is 0 Å². The lowest BCUT2D eigenvalue weighted by atomic mass is 9.72. The number of nitrogens with one attached hydrogen (secondary N) is 1. The van der Waals surface area contributed by atoms with Gasteiger partial charge in [0.1, 0.15) is 29.0 Å². The zero-order valence-electron chi connectivity index (χ0n) is 20.6. The van der Waals surface area contributed by atoms with Gasteiger partial charge in [-0.15, -0.1) is 13.2 Å². The predicted octanol–water partition coefficient (Wildman–Crippen LogP) is 4.23. The molecular weight excluding hydrogens is 491 g/mol. The van der Waals surface area contributed by atoms with Crippen molar-refractivity contribution >= 4 is 23.4 Å². The largest absolute Gasteiger partial charge is 0.573 e. The Morgan fingerprint density at radius 3 is 2.49 bits per heavy atom. The van der Waals surface area contributed by atoms with Gasteiger partial charge >= 0.3 is 6.36 Å². The number of anilines is 3. The van der Waals surface area contributed by atoms with Crippen molar-refractivity contribution in [3.05, 3.63) is 35.9 Å². The maximum Gasteiger partial charge on any atom is 0.573 e. The lowest BCUT2D eigenvalue weighted by molar-refractivity contribution is -0.274. The number of hydrogen-bond donors (Lipinski definition) is 1. The fourth-order valence-electron chi connectivity index (χ4n) is 4.92. The highest BCUT2D eigenvalue weighted by molar-refractivity contribution is 5.73. The van der Waals surface area contributed by atoms with Gasteiger partial charge in [-0.2, -0.15) is 0 Å². The molecule has 13 heteroatoms. The molecule has 0 radical (unpaired) electrons. The summed E-state index contributed by atoms with van der Waals surface area (Å²) in [5.41, 5.74) is 1.39. The summed E-state index contributed by atoms with van der Waals surface area (Å²) < 4.78 is 47.3. The number of carbonyl (C=O) groups excluding carboxylic acids is 1. The van der Waals surface area contributed by atoms with Crippen molar-refractivity contribution in [2.75, 3.05) is 36.4 Å². The molecule has 1 amide bonds. The zero-order valence-corrected chi connectivity index (χ0v) is 20.6. The Hall–Kier alpha value is -3.90. The van der Waals surface area contributed by atoms with Crippen LogP contribution >= 0.6 is 0 Å². The van der Waals surface area contributed by atoms with Crippen LogP contribution < -0.4 is 15.0 Å². The summed E-state index contributed by atoms with van der Waals surface area (Å²) in [5, 5.41) is 6.97. The quantitative estimate of drug-likeness (QED) is 0.532. The third-order valence-electron chi connectivity index (χ3n) is 6.84. The monoisotopic (exact) mass is 517 g/mol. The van der Waals surface area contributed by atoms with Crippen LogP contribution in [0.1, 0.15) is 31.2 Å². The molecule has 2 aliphatic rings. The molecule has 0 aliphatic carbocycles. The molecule has 0 saturated carbocycles. The van der Waals surface area contributed by atoms with Crippen LogP contribution in [0.25, 0.3) is 11.4 Å². The van der Waals surface area contributed by atoms with Gasteiger partial charge in [-0.25, -0.2) is 15.0 Å². The molecule has 0 atom stereocenters. The minimum Gasteiger partial charge on any atom is -0.406 e. The highest BCUT2D eigenvalue weighted by Gasteiger charge is 2.46. The number of piperidine rings is 1. The van der Waals surface area contributed by atoms with Crippen molar-refractivity contribution in [2.24, 2.45) is 5.41 Å². The number of likely N-dealkylation sites (tertiary alicyclic amines) is 1. The highest BCUT2D eigenvalue weighted by Crippen LogP contribution is 2.43. The Morgan fingerprint density at radius 2 is 1.86 bits per heavy atom. The molecule has 5 rings (SSSR count). The van der Waals surface area contributed by atoms with Crippen LogP contribution in [0.15, 0.2) is 28.9 Å². The van der Waals surface area contributed by atoms with Gasteiger partial charge in [0.05, 0.1) is 11.3 Å². The maximum atomic E-state index is 12.7. The van der Waals surface area contributed by atoms with Crippen LogP contribution in [-0.2, 0) is 4.79 Å². The summed E-state index contributed by atoms with van der Waals surface area (Å²) in [6.45, 7) is 8.19. The predicted molar refractivity (Wildman–Crippen MR) is 127 cm³/mol. The third-order valence-corrected chi connectivity index (χ3v) is 6.84. The number of aryl methyl sites for hydroxylation is 2. The molecule has 2 saturated heterocycles. The average molecular weight is 518 g/mol. The number of nitrogens with zero attached hydrogens (tertiary/aromatic N) is 6. The lowest BCUT2D eigenvalue weighted by Gasteiger charge is -2.54. The first-order valence-electron chi connectivity index (χ1n) is 11.8. The van der Waals surface area contributed by atoms with E-state index < -0.39 is 12.1 Å². The van der Waals surface area contributed by atoms with Crippen LogP contribution in [0.3, 0.4) is 0 Å². The molecule has 0 unspecified atom stereocenters. The topological polar surface area (TPSA) is 110 Å². The molecule has 10 nitrogen and oxygen atoms in total. The molecule has 196 valence electrons. The molecule has 2 fully saturated rings. The van der Waals surface area contributed by atoms with Crippen LogP contribution in [0.5, 0.6) is 5.75 Å². The van der Waals surface area contributed by atoms with Gasteiger partial charge in [-0.3, -0.25) is 4.79 Å². The van der Waals surface area contributed by atoms with E-state index in [2.05, 4.69) is 30.1 Å². The Kier molecular flexibility index (Phi) is 6.16. The molecule has 0 aromatic carbocycles. The second-order valence-corrected chi connectivity index (χ2v) is 9.55. The number of amides is 1. The number of pyridine rings is 1. The van der Waals surface area contributed by atoms with E-state index >= 15 is 0 Å². The minimum absolute atomic E-state index is 0.0972. The van der Waals surface area contributed by atoms with Crippen molar-refractivity contribution in [2.45, 2.75) is 40.0 Å². The normalized spacial score (nSPS) is 17.0. The average Bonchev–Trinajstić information content (AvgIpc) is 3.14. The van der Waals surface area contributed by atoms with E-state index in [1.54, 1.807) is 26.8 Å². The standard InChI is InChI=1S/C24H26F3N7O3/c1-14-21(15(2)37-32-14)22-30-19(29-18-10-17(4-7-28-18)36-24(25,26)27)11-20(31-22)34-12-23(13-34)5-8-33(9-6-23)16(3)35/h4,7,10-11H,5-6,8-9,12-13H2,1-3H3,(H,28,29,30,31). The Balaban J connectivity index is 1.41. The van der Waals surface area contributed by atoms with E-state index in [9.17, 15) is 18.0 Å². The molecule has 5 heterocycles. The van der Waals surface area contributed by atoms with E-state index in [1.165, 1.54) is 6.20 Å². The summed E-state index contributed by atoms with van der Waals surface area (Å²) in [4.78, 5) is 29.1. The Labute approximate surface area is 210 Å². The summed E-state index contributed by atoms with van der Waals surface area (Å²) in [5.74, 6) is 1.78. The Bertz CT molecular complexity index is 1290. The van der Waals surface area contributed by atoms with Gasteiger partial charge in [-0.1, -0.05) is 5.16 Å². The molecule has 1 spiro atoms. The van der Waals surface area contributed by atoms with E-state index in [0.717, 1.165) is 51.2 Å². The number of hydrogen-bond acceptors (Lipinski definition) is 9. The van der Waals surface area contributed by atoms with E-state index in [0.29, 0.717) is 34.5 Å². The Morgan fingerprint density at radius 1 is 1.14 bits per heavy atom. The van der Waals surface area contributed by atoms with Gasteiger partial charge in [0.15, 0.2) is 5.82 Å². The van der Waals surface area contributed by atoms with Crippen LogP contribution in [0, 0.1) is 19.3 Å². The van der Waals surface area contributed by atoms with Gasteiger partial charge in [0, 0.05) is 56.8 Å². The molecule has 0 bridgehead atoms. The molecule has 3 aromatic rings. The van der Waals surface area contributed by atoms with Crippen molar-refractivity contribution in [1.29, 1.82) is 0 Å². The molecule has 37 heavy (non-hydrogen) atoms. The second-order valence-electron chi connectivity index (χ2n) is 9.55. The van der Waals surface area contributed by atoms with Gasteiger partial charge < -0.3 is 24.4 Å². The van der Waals surface area contributed by atoms with Crippen LogP contribution in [-0.4, -0.2) is 63.5 Å². The smallest absolute Gasteiger partial charge is 0.406 e. The third kappa shape index (κ3) is 5.30. The van der Waals surface area contributed by atoms with Crippen LogP contribution in [0.2, 0.25) is 0 Å². The van der Waals surface area contributed by atoms with Crippen molar-refractivity contribution in [3.63, 3.8) is 0 Å².